The van der Waals surface area contributed by atoms with E-state index < -0.39 is 0 Å². The van der Waals surface area contributed by atoms with Gasteiger partial charge in [0.25, 0.3) is 0 Å². The van der Waals surface area contributed by atoms with Gasteiger partial charge in [-0.1, -0.05) is 60.7 Å². The van der Waals surface area contributed by atoms with E-state index in [1.54, 1.807) is 0 Å². The molecule has 2 aromatic heterocycles. The molecule has 0 aliphatic heterocycles. The Morgan fingerprint density at radius 3 is 1.74 bits per heavy atom. The molecule has 3 nitrogen and oxygen atoms in total. The number of hydrogen-bond donors (Lipinski definition) is 0. The van der Waals surface area contributed by atoms with E-state index in [1.165, 1.54) is 0 Å². The number of rotatable bonds is 5. The minimum Gasteiger partial charge on any atom is -0.339 e. The molecule has 0 atom stereocenters. The second-order valence-corrected chi connectivity index (χ2v) is 9.19. The molecule has 2 heterocycles. The molecule has 0 N–H and O–H groups in total. The predicted molar refractivity (Wildman–Crippen MR) is 151 cm³/mol. The third-order valence-electron chi connectivity index (χ3n) is 6.53. The summed E-state index contributed by atoms with van der Waals surface area (Å²) in [5, 5.41) is 0. The number of pyridine rings is 1. The molecule has 0 spiro atoms. The van der Waals surface area contributed by atoms with Crippen LogP contribution in [0.2, 0.25) is 0 Å². The first-order chi connectivity index (χ1) is 18.2. The first-order valence-electron chi connectivity index (χ1n) is 12.4. The van der Waals surface area contributed by atoms with Gasteiger partial charge in [0.15, 0.2) is 0 Å². The molecule has 1 radical (unpaired) electrons. The zero-order chi connectivity index (χ0) is 25.2. The van der Waals surface area contributed by atoms with Crippen molar-refractivity contribution in [3.63, 3.8) is 0 Å². The van der Waals surface area contributed by atoms with Crippen LogP contribution in [-0.4, -0.2) is 14.5 Å². The molecule has 38 heavy (non-hydrogen) atoms. The molecular formula is C34H26IrN3-. The minimum absolute atomic E-state index is 0. The standard InChI is InChI=1S/C34H26N3.Ir/c1-24-20-29(21-25(2)36-24)30-22-31(26-12-6-3-7-13-26)33(32(23-30)27-14-8-4-9-15-27)37-19-18-35-34(37)28-16-10-5-11-17-28;/h3-16,18-23H,1-2H3;/q-1;. The molecule has 0 fully saturated rings. The third-order valence-corrected chi connectivity index (χ3v) is 6.53. The summed E-state index contributed by atoms with van der Waals surface area (Å²) in [6, 6.07) is 41.4. The van der Waals surface area contributed by atoms with Crippen molar-refractivity contribution in [1.82, 2.24) is 14.5 Å². The SMILES string of the molecule is Cc1cc(-c2cc(-c3ccccc3)c(-n3ccnc3-c3[c-]cccc3)c(-c3ccccc3)c2)cc(C)n1.[Ir]. The Morgan fingerprint density at radius 2 is 1.18 bits per heavy atom. The van der Waals surface area contributed by atoms with E-state index in [9.17, 15) is 0 Å². The second-order valence-electron chi connectivity index (χ2n) is 9.19. The van der Waals surface area contributed by atoms with E-state index in [0.29, 0.717) is 0 Å². The molecule has 0 unspecified atom stereocenters. The zero-order valence-electron chi connectivity index (χ0n) is 21.2. The maximum atomic E-state index is 4.76. The summed E-state index contributed by atoms with van der Waals surface area (Å²) < 4.78 is 2.20. The summed E-state index contributed by atoms with van der Waals surface area (Å²) in [5.41, 5.74) is 11.0. The van der Waals surface area contributed by atoms with Crippen molar-refractivity contribution < 1.29 is 20.1 Å². The number of aromatic nitrogens is 3. The fourth-order valence-corrected chi connectivity index (χ4v) is 4.95. The van der Waals surface area contributed by atoms with Crippen LogP contribution >= 0.6 is 0 Å². The molecule has 6 rings (SSSR count). The maximum absolute atomic E-state index is 4.76. The van der Waals surface area contributed by atoms with Gasteiger partial charge in [-0.2, -0.15) is 0 Å². The van der Waals surface area contributed by atoms with E-state index in [0.717, 1.165) is 61.8 Å². The zero-order valence-corrected chi connectivity index (χ0v) is 23.6. The third kappa shape index (κ3) is 5.02. The van der Waals surface area contributed by atoms with Gasteiger partial charge in [0.1, 0.15) is 0 Å². The van der Waals surface area contributed by atoms with Gasteiger partial charge < -0.3 is 4.57 Å². The summed E-state index contributed by atoms with van der Waals surface area (Å²) in [5.74, 6) is 0.860. The van der Waals surface area contributed by atoms with E-state index in [2.05, 4.69) is 120 Å². The molecule has 0 aliphatic carbocycles. The normalized spacial score (nSPS) is 10.7. The summed E-state index contributed by atoms with van der Waals surface area (Å²) in [6.07, 6.45) is 3.91. The van der Waals surface area contributed by atoms with Crippen LogP contribution in [-0.2, 0) is 20.1 Å². The number of nitrogens with zero attached hydrogens (tertiary/aromatic N) is 3. The fourth-order valence-electron chi connectivity index (χ4n) is 4.95. The van der Waals surface area contributed by atoms with Gasteiger partial charge >= 0.3 is 0 Å². The van der Waals surface area contributed by atoms with E-state index in [-0.39, 0.29) is 20.1 Å². The Hall–Kier alpha value is -4.11. The van der Waals surface area contributed by atoms with Crippen molar-refractivity contribution in [2.45, 2.75) is 13.8 Å². The first-order valence-corrected chi connectivity index (χ1v) is 12.4. The van der Waals surface area contributed by atoms with Crippen molar-refractivity contribution in [3.8, 4) is 50.5 Å². The van der Waals surface area contributed by atoms with Crippen molar-refractivity contribution in [2.75, 3.05) is 0 Å². The Balaban J connectivity index is 0.00000294. The number of benzene rings is 4. The molecule has 4 heteroatoms. The van der Waals surface area contributed by atoms with Gasteiger partial charge in [-0.05, 0) is 60.4 Å². The van der Waals surface area contributed by atoms with E-state index in [1.807, 2.05) is 30.6 Å². The fraction of sp³-hybridized carbons (Fsp3) is 0.0588. The number of aryl methyl sites for hydroxylation is 2. The summed E-state index contributed by atoms with van der Waals surface area (Å²) >= 11 is 0. The second kappa shape index (κ2) is 11.1. The smallest absolute Gasteiger partial charge is 0.0603 e. The number of hydrogen-bond acceptors (Lipinski definition) is 2. The van der Waals surface area contributed by atoms with Crippen molar-refractivity contribution in [2.24, 2.45) is 0 Å². The van der Waals surface area contributed by atoms with Crippen LogP contribution in [0.1, 0.15) is 11.4 Å². The number of imidazole rings is 1. The topological polar surface area (TPSA) is 30.7 Å². The van der Waals surface area contributed by atoms with E-state index in [4.69, 9.17) is 4.98 Å². The quantitative estimate of drug-likeness (QED) is 0.173. The molecule has 0 saturated carbocycles. The van der Waals surface area contributed by atoms with Crippen LogP contribution < -0.4 is 0 Å². The van der Waals surface area contributed by atoms with Gasteiger partial charge in [-0.3, -0.25) is 9.97 Å². The Kier molecular flexibility index (Phi) is 7.46. The molecule has 0 saturated heterocycles. The van der Waals surface area contributed by atoms with Gasteiger partial charge in [-0.25, -0.2) is 0 Å². The predicted octanol–water partition coefficient (Wildman–Crippen LogP) is 8.35. The Morgan fingerprint density at radius 1 is 0.632 bits per heavy atom. The minimum atomic E-state index is 0. The van der Waals surface area contributed by atoms with Crippen LogP contribution in [0.25, 0.3) is 50.5 Å². The summed E-state index contributed by atoms with van der Waals surface area (Å²) in [4.78, 5) is 9.37. The molecule has 0 bridgehead atoms. The monoisotopic (exact) mass is 669 g/mol. The maximum Gasteiger partial charge on any atom is 0.0603 e. The average molecular weight is 669 g/mol. The summed E-state index contributed by atoms with van der Waals surface area (Å²) in [6.45, 7) is 4.10. The van der Waals surface area contributed by atoms with Gasteiger partial charge in [0.2, 0.25) is 0 Å². The summed E-state index contributed by atoms with van der Waals surface area (Å²) in [7, 11) is 0. The molecular weight excluding hydrogens is 643 g/mol. The molecule has 4 aromatic carbocycles. The van der Waals surface area contributed by atoms with Crippen LogP contribution in [0.15, 0.2) is 122 Å². The van der Waals surface area contributed by atoms with Crippen LogP contribution in [0, 0.1) is 19.9 Å². The van der Waals surface area contributed by atoms with Crippen LogP contribution in [0.5, 0.6) is 0 Å². The largest absolute Gasteiger partial charge is 0.339 e. The van der Waals surface area contributed by atoms with Gasteiger partial charge in [-0.15, -0.1) is 35.9 Å². The molecule has 0 amide bonds. The van der Waals surface area contributed by atoms with Crippen molar-refractivity contribution in [3.05, 3.63) is 139 Å². The van der Waals surface area contributed by atoms with Crippen molar-refractivity contribution >= 4 is 0 Å². The molecule has 0 aliphatic rings. The molecule has 187 valence electrons. The van der Waals surface area contributed by atoms with Gasteiger partial charge in [0, 0.05) is 55.0 Å². The van der Waals surface area contributed by atoms with Crippen molar-refractivity contribution in [1.29, 1.82) is 0 Å². The van der Waals surface area contributed by atoms with Crippen LogP contribution in [0.4, 0.5) is 0 Å². The van der Waals surface area contributed by atoms with E-state index >= 15 is 0 Å². The Labute approximate surface area is 237 Å². The first kappa shape index (κ1) is 25.5. The van der Waals surface area contributed by atoms with Crippen LogP contribution in [0.3, 0.4) is 0 Å². The average Bonchev–Trinajstić information content (AvgIpc) is 3.43. The molecule has 6 aromatic rings. The Bertz CT molecular complexity index is 1590. The van der Waals surface area contributed by atoms with Gasteiger partial charge in [0.05, 0.1) is 11.5 Å².